The van der Waals surface area contributed by atoms with E-state index in [0.29, 0.717) is 28.3 Å². The highest BCUT2D eigenvalue weighted by Crippen LogP contribution is 2.26. The van der Waals surface area contributed by atoms with Gasteiger partial charge in [0, 0.05) is 23.5 Å². The number of hydrogen-bond donors (Lipinski definition) is 0. The number of aryl methyl sites for hydroxylation is 1. The first-order valence-corrected chi connectivity index (χ1v) is 11.0. The zero-order valence-corrected chi connectivity index (χ0v) is 19.2. The quantitative estimate of drug-likeness (QED) is 0.348. The number of fused-ring (bicyclic) bond motifs is 1. The Labute approximate surface area is 201 Å². The van der Waals surface area contributed by atoms with Crippen LogP contribution in [0.4, 0.5) is 0 Å². The maximum absolute atomic E-state index is 13.2. The van der Waals surface area contributed by atoms with Gasteiger partial charge in [-0.1, -0.05) is 24.3 Å². The molecule has 0 atom stereocenters. The average molecular weight is 466 g/mol. The molecule has 0 aliphatic rings. The summed E-state index contributed by atoms with van der Waals surface area (Å²) in [5, 5.41) is 4.65. The first kappa shape index (κ1) is 22.1. The molecule has 2 aromatic carbocycles. The third-order valence-corrected chi connectivity index (χ3v) is 5.60. The summed E-state index contributed by atoms with van der Waals surface area (Å²) in [5.74, 6) is 0.133. The largest absolute Gasteiger partial charge is 0.497 e. The molecule has 174 valence electrons. The molecule has 0 saturated heterocycles. The van der Waals surface area contributed by atoms with Crippen LogP contribution in [0.3, 0.4) is 0 Å². The number of methoxy groups -OCH3 is 1. The Hall–Kier alpha value is -4.72. The lowest BCUT2D eigenvalue weighted by Gasteiger charge is -2.08. The molecular formula is C27H22N4O4. The van der Waals surface area contributed by atoms with Crippen LogP contribution < -0.4 is 10.3 Å². The summed E-state index contributed by atoms with van der Waals surface area (Å²) in [5.41, 5.74) is 3.74. The summed E-state index contributed by atoms with van der Waals surface area (Å²) in [6, 6.07) is 23.6. The molecule has 3 aromatic heterocycles. The van der Waals surface area contributed by atoms with Crippen molar-refractivity contribution in [2.45, 2.75) is 13.5 Å². The van der Waals surface area contributed by atoms with E-state index in [4.69, 9.17) is 9.47 Å². The van der Waals surface area contributed by atoms with Crippen molar-refractivity contribution in [1.29, 1.82) is 0 Å². The molecule has 8 heteroatoms. The van der Waals surface area contributed by atoms with Gasteiger partial charge in [0.05, 0.1) is 18.5 Å². The molecule has 0 saturated carbocycles. The third-order valence-electron chi connectivity index (χ3n) is 5.60. The van der Waals surface area contributed by atoms with Crippen molar-refractivity contribution in [3.8, 4) is 22.7 Å². The topological polar surface area (TPSA) is 87.7 Å². The fourth-order valence-electron chi connectivity index (χ4n) is 3.85. The Morgan fingerprint density at radius 3 is 2.49 bits per heavy atom. The molecule has 0 radical (unpaired) electrons. The predicted octanol–water partition coefficient (Wildman–Crippen LogP) is 4.22. The molecular weight excluding hydrogens is 444 g/mol. The van der Waals surface area contributed by atoms with Crippen LogP contribution in [0.2, 0.25) is 0 Å². The highest BCUT2D eigenvalue weighted by Gasteiger charge is 2.20. The van der Waals surface area contributed by atoms with Gasteiger partial charge in [-0.25, -0.2) is 14.5 Å². The number of ether oxygens (including phenoxy) is 2. The molecule has 5 rings (SSSR count). The van der Waals surface area contributed by atoms with Gasteiger partial charge in [0.25, 0.3) is 5.56 Å². The number of benzene rings is 2. The SMILES string of the molecule is COc1ccc(-c2nn(-c3ccccc3)cc2C(=O)OCc2cc(=O)n3c(C)cccc3n2)cc1. The second-order valence-electron chi connectivity index (χ2n) is 7.92. The van der Waals surface area contributed by atoms with E-state index in [9.17, 15) is 9.59 Å². The second kappa shape index (κ2) is 9.26. The third kappa shape index (κ3) is 4.41. The molecule has 3 heterocycles. The first-order chi connectivity index (χ1) is 17.0. The highest BCUT2D eigenvalue weighted by molar-refractivity contribution is 5.96. The van der Waals surface area contributed by atoms with E-state index in [0.717, 1.165) is 16.9 Å². The molecule has 0 N–H and O–H groups in total. The fraction of sp³-hybridized carbons (Fsp3) is 0.111. The van der Waals surface area contributed by atoms with Crippen LogP contribution >= 0.6 is 0 Å². The van der Waals surface area contributed by atoms with Crippen LogP contribution in [0.15, 0.2) is 89.9 Å². The number of carbonyl (C=O) groups excluding carboxylic acids is 1. The summed E-state index contributed by atoms with van der Waals surface area (Å²) in [6.07, 6.45) is 1.64. The Morgan fingerprint density at radius 1 is 0.971 bits per heavy atom. The van der Waals surface area contributed by atoms with Gasteiger partial charge in [0.1, 0.15) is 29.3 Å². The maximum atomic E-state index is 13.2. The molecule has 8 nitrogen and oxygen atoms in total. The van der Waals surface area contributed by atoms with Crippen molar-refractivity contribution >= 4 is 11.6 Å². The Kier molecular flexibility index (Phi) is 5.85. The standard InChI is InChI=1S/C27H22N4O4/c1-18-7-6-10-24-28-20(15-25(32)31(18)24)17-35-27(33)23-16-30(21-8-4-3-5-9-21)29-26(23)19-11-13-22(34-2)14-12-19/h3-16H,17H2,1-2H3. The number of rotatable bonds is 6. The lowest BCUT2D eigenvalue weighted by atomic mass is 10.1. The summed E-state index contributed by atoms with van der Waals surface area (Å²) in [6.45, 7) is 1.69. The normalized spacial score (nSPS) is 10.9. The lowest BCUT2D eigenvalue weighted by molar-refractivity contribution is 0.0468. The summed E-state index contributed by atoms with van der Waals surface area (Å²) >= 11 is 0. The Balaban J connectivity index is 1.47. The number of esters is 1. The van der Waals surface area contributed by atoms with Crippen molar-refractivity contribution in [1.82, 2.24) is 19.2 Å². The number of nitrogens with zero attached hydrogens (tertiary/aromatic N) is 4. The highest BCUT2D eigenvalue weighted by atomic mass is 16.5. The monoisotopic (exact) mass is 466 g/mol. The molecule has 0 aliphatic heterocycles. The first-order valence-electron chi connectivity index (χ1n) is 11.0. The maximum Gasteiger partial charge on any atom is 0.342 e. The van der Waals surface area contributed by atoms with E-state index in [1.54, 1.807) is 36.2 Å². The Morgan fingerprint density at radius 2 is 1.74 bits per heavy atom. The molecule has 5 aromatic rings. The van der Waals surface area contributed by atoms with Crippen molar-refractivity contribution < 1.29 is 14.3 Å². The second-order valence-corrected chi connectivity index (χ2v) is 7.92. The van der Waals surface area contributed by atoms with E-state index in [-0.39, 0.29) is 12.2 Å². The number of aromatic nitrogens is 4. The summed E-state index contributed by atoms with van der Waals surface area (Å²) in [4.78, 5) is 30.2. The van der Waals surface area contributed by atoms with Crippen molar-refractivity contribution in [3.05, 3.63) is 112 Å². The predicted molar refractivity (Wildman–Crippen MR) is 131 cm³/mol. The van der Waals surface area contributed by atoms with Crippen LogP contribution in [0, 0.1) is 6.92 Å². The Bertz CT molecular complexity index is 1570. The van der Waals surface area contributed by atoms with Gasteiger partial charge >= 0.3 is 5.97 Å². The number of hydrogen-bond acceptors (Lipinski definition) is 6. The van der Waals surface area contributed by atoms with Crippen molar-refractivity contribution in [2.24, 2.45) is 0 Å². The summed E-state index contributed by atoms with van der Waals surface area (Å²) < 4.78 is 14.0. The molecule has 0 aliphatic carbocycles. The van der Waals surface area contributed by atoms with Gasteiger partial charge in [0.2, 0.25) is 0 Å². The van der Waals surface area contributed by atoms with Gasteiger partial charge < -0.3 is 9.47 Å². The number of pyridine rings is 1. The molecule has 0 amide bonds. The van der Waals surface area contributed by atoms with Gasteiger partial charge in [0.15, 0.2) is 0 Å². The zero-order valence-electron chi connectivity index (χ0n) is 19.2. The van der Waals surface area contributed by atoms with Crippen LogP contribution in [0.1, 0.15) is 21.7 Å². The minimum Gasteiger partial charge on any atom is -0.497 e. The van der Waals surface area contributed by atoms with E-state index in [1.807, 2.05) is 61.5 Å². The van der Waals surface area contributed by atoms with E-state index >= 15 is 0 Å². The molecule has 0 spiro atoms. The fourth-order valence-corrected chi connectivity index (χ4v) is 3.85. The molecule has 0 fully saturated rings. The van der Waals surface area contributed by atoms with Gasteiger partial charge in [-0.05, 0) is 55.5 Å². The smallest absolute Gasteiger partial charge is 0.342 e. The van der Waals surface area contributed by atoms with E-state index in [2.05, 4.69) is 10.1 Å². The molecule has 0 unspecified atom stereocenters. The molecule has 35 heavy (non-hydrogen) atoms. The van der Waals surface area contributed by atoms with Gasteiger partial charge in [-0.3, -0.25) is 9.20 Å². The summed E-state index contributed by atoms with van der Waals surface area (Å²) in [7, 11) is 1.59. The minimum atomic E-state index is -0.566. The van der Waals surface area contributed by atoms with Gasteiger partial charge in [-0.2, -0.15) is 5.10 Å². The molecule has 0 bridgehead atoms. The van der Waals surface area contributed by atoms with Crippen LogP contribution in [-0.2, 0) is 11.3 Å². The average Bonchev–Trinajstić information content (AvgIpc) is 3.33. The van der Waals surface area contributed by atoms with Crippen LogP contribution in [0.25, 0.3) is 22.6 Å². The number of carbonyl (C=O) groups is 1. The number of para-hydroxylation sites is 1. The minimum absolute atomic E-state index is 0.142. The van der Waals surface area contributed by atoms with Crippen LogP contribution in [-0.4, -0.2) is 32.2 Å². The van der Waals surface area contributed by atoms with Gasteiger partial charge in [-0.15, -0.1) is 0 Å². The van der Waals surface area contributed by atoms with Crippen molar-refractivity contribution in [3.63, 3.8) is 0 Å². The lowest BCUT2D eigenvalue weighted by Crippen LogP contribution is -2.18. The zero-order chi connectivity index (χ0) is 24.4. The van der Waals surface area contributed by atoms with E-state index < -0.39 is 5.97 Å². The van der Waals surface area contributed by atoms with Crippen LogP contribution in [0.5, 0.6) is 5.75 Å². The van der Waals surface area contributed by atoms with E-state index in [1.165, 1.54) is 10.5 Å². The van der Waals surface area contributed by atoms with Crippen molar-refractivity contribution in [2.75, 3.05) is 7.11 Å².